The van der Waals surface area contributed by atoms with Crippen LogP contribution in [0.4, 0.5) is 0 Å². The van der Waals surface area contributed by atoms with Crippen molar-refractivity contribution in [1.82, 2.24) is 30.4 Å². The van der Waals surface area contributed by atoms with Crippen molar-refractivity contribution < 1.29 is 4.79 Å². The molecule has 3 rings (SSSR count). The van der Waals surface area contributed by atoms with Crippen molar-refractivity contribution in [2.75, 3.05) is 26.2 Å². The normalized spacial score (nSPS) is 23.6. The van der Waals surface area contributed by atoms with Gasteiger partial charge in [0.25, 0.3) is 0 Å². The number of H-pyrrole nitrogens is 1. The Morgan fingerprint density at radius 1 is 1.30 bits per heavy atom. The number of rotatable bonds is 5. The molecular weight excluding hydrogens is 256 g/mol. The number of amides is 1. The van der Waals surface area contributed by atoms with Crippen LogP contribution in [0, 0.1) is 0 Å². The molecule has 0 spiro atoms. The van der Waals surface area contributed by atoms with Gasteiger partial charge in [0.2, 0.25) is 5.91 Å². The summed E-state index contributed by atoms with van der Waals surface area (Å²) in [4.78, 5) is 16.8. The molecule has 7 heteroatoms. The Morgan fingerprint density at radius 3 is 2.90 bits per heavy atom. The van der Waals surface area contributed by atoms with Crippen molar-refractivity contribution in [2.24, 2.45) is 0 Å². The minimum absolute atomic E-state index is 0.273. The third-order valence-corrected chi connectivity index (χ3v) is 4.35. The number of tetrazole rings is 1. The van der Waals surface area contributed by atoms with Crippen LogP contribution in [-0.2, 0) is 11.2 Å². The molecule has 0 radical (unpaired) electrons. The van der Waals surface area contributed by atoms with Gasteiger partial charge in [0.1, 0.15) is 0 Å². The second kappa shape index (κ2) is 6.30. The summed E-state index contributed by atoms with van der Waals surface area (Å²) in [5.41, 5.74) is 0. The zero-order chi connectivity index (χ0) is 13.8. The van der Waals surface area contributed by atoms with E-state index in [1.807, 2.05) is 4.90 Å². The fourth-order valence-electron chi connectivity index (χ4n) is 3.22. The Morgan fingerprint density at radius 2 is 2.15 bits per heavy atom. The predicted octanol–water partition coefficient (Wildman–Crippen LogP) is 0.219. The van der Waals surface area contributed by atoms with E-state index in [0.717, 1.165) is 25.9 Å². The number of likely N-dealkylation sites (tertiary alicyclic amines) is 2. The predicted molar refractivity (Wildman–Crippen MR) is 72.9 cm³/mol. The molecule has 1 unspecified atom stereocenters. The van der Waals surface area contributed by atoms with Gasteiger partial charge in [0, 0.05) is 32.0 Å². The number of carbonyl (C=O) groups excluding carboxylic acids is 1. The molecule has 0 bridgehead atoms. The summed E-state index contributed by atoms with van der Waals surface area (Å²) >= 11 is 0. The number of carbonyl (C=O) groups is 1. The van der Waals surface area contributed by atoms with Gasteiger partial charge in [-0.15, -0.1) is 10.2 Å². The van der Waals surface area contributed by atoms with E-state index in [4.69, 9.17) is 0 Å². The molecular formula is C13H22N6O. The monoisotopic (exact) mass is 278 g/mol. The van der Waals surface area contributed by atoms with Crippen LogP contribution >= 0.6 is 0 Å². The highest BCUT2D eigenvalue weighted by atomic mass is 16.2. The number of aromatic nitrogens is 4. The van der Waals surface area contributed by atoms with Gasteiger partial charge in [-0.1, -0.05) is 5.21 Å². The smallest absolute Gasteiger partial charge is 0.222 e. The first-order chi connectivity index (χ1) is 9.83. The van der Waals surface area contributed by atoms with Crippen LogP contribution in [0.25, 0.3) is 0 Å². The van der Waals surface area contributed by atoms with E-state index in [1.165, 1.54) is 25.9 Å². The lowest BCUT2D eigenvalue weighted by molar-refractivity contribution is -0.130. The average molecular weight is 278 g/mol. The summed E-state index contributed by atoms with van der Waals surface area (Å²) in [6.45, 7) is 4.26. The molecule has 1 amide bonds. The Bertz CT molecular complexity index is 428. The van der Waals surface area contributed by atoms with Crippen molar-refractivity contribution in [2.45, 2.75) is 44.6 Å². The number of hydrogen-bond acceptors (Lipinski definition) is 5. The van der Waals surface area contributed by atoms with Crippen LogP contribution in [0.3, 0.4) is 0 Å². The lowest BCUT2D eigenvalue weighted by Crippen LogP contribution is -2.37. The summed E-state index contributed by atoms with van der Waals surface area (Å²) in [6, 6.07) is 0.596. The van der Waals surface area contributed by atoms with Crippen LogP contribution in [0.2, 0.25) is 0 Å². The number of aryl methyl sites for hydroxylation is 1. The Hall–Kier alpha value is -1.50. The van der Waals surface area contributed by atoms with Crippen molar-refractivity contribution in [1.29, 1.82) is 0 Å². The molecule has 110 valence electrons. The van der Waals surface area contributed by atoms with Crippen LogP contribution in [0.5, 0.6) is 0 Å². The molecule has 0 aliphatic carbocycles. The number of aromatic amines is 1. The second-order valence-electron chi connectivity index (χ2n) is 5.71. The van der Waals surface area contributed by atoms with Gasteiger partial charge in [0.05, 0.1) is 0 Å². The number of hydrogen-bond donors (Lipinski definition) is 1. The Kier molecular flexibility index (Phi) is 4.25. The summed E-state index contributed by atoms with van der Waals surface area (Å²) in [7, 11) is 0. The quantitative estimate of drug-likeness (QED) is 0.833. The first-order valence-electron chi connectivity index (χ1n) is 7.57. The molecule has 2 saturated heterocycles. The molecule has 20 heavy (non-hydrogen) atoms. The van der Waals surface area contributed by atoms with E-state index in [2.05, 4.69) is 25.5 Å². The van der Waals surface area contributed by atoms with Crippen molar-refractivity contribution in [3.63, 3.8) is 0 Å². The molecule has 1 aromatic rings. The van der Waals surface area contributed by atoms with Gasteiger partial charge in [-0.3, -0.25) is 9.69 Å². The molecule has 2 aliphatic heterocycles. The second-order valence-corrected chi connectivity index (χ2v) is 5.71. The lowest BCUT2D eigenvalue weighted by atomic mass is 10.2. The highest BCUT2D eigenvalue weighted by molar-refractivity contribution is 5.76. The molecule has 7 nitrogen and oxygen atoms in total. The van der Waals surface area contributed by atoms with Crippen molar-refractivity contribution in [3.8, 4) is 0 Å². The van der Waals surface area contributed by atoms with Gasteiger partial charge in [-0.2, -0.15) is 5.21 Å². The highest BCUT2D eigenvalue weighted by Gasteiger charge is 2.31. The van der Waals surface area contributed by atoms with Crippen molar-refractivity contribution in [3.05, 3.63) is 5.82 Å². The average Bonchev–Trinajstić information content (AvgIpc) is 3.20. The van der Waals surface area contributed by atoms with Crippen LogP contribution in [0.15, 0.2) is 0 Å². The SMILES string of the molecule is O=C(CCCc1nn[nH]n1)N1CCC(N2CCCC2)C1. The molecule has 1 atom stereocenters. The molecule has 1 N–H and O–H groups in total. The van der Waals surface area contributed by atoms with E-state index in [0.29, 0.717) is 24.7 Å². The molecule has 2 aliphatic rings. The minimum atomic E-state index is 0.273. The number of nitrogens with zero attached hydrogens (tertiary/aromatic N) is 5. The fourth-order valence-corrected chi connectivity index (χ4v) is 3.22. The Labute approximate surface area is 118 Å². The molecule has 3 heterocycles. The molecule has 1 aromatic heterocycles. The third-order valence-electron chi connectivity index (χ3n) is 4.35. The molecule has 0 saturated carbocycles. The van der Waals surface area contributed by atoms with E-state index in [1.54, 1.807) is 0 Å². The maximum atomic E-state index is 12.2. The van der Waals surface area contributed by atoms with Crippen LogP contribution < -0.4 is 0 Å². The van der Waals surface area contributed by atoms with Crippen LogP contribution in [-0.4, -0.2) is 68.6 Å². The largest absolute Gasteiger partial charge is 0.341 e. The maximum Gasteiger partial charge on any atom is 0.222 e. The van der Waals surface area contributed by atoms with E-state index in [-0.39, 0.29) is 5.91 Å². The standard InChI is InChI=1S/C13H22N6O/c20-13(5-3-4-12-14-16-17-15-12)19-9-6-11(10-19)18-7-1-2-8-18/h11H,1-10H2,(H,14,15,16,17). The minimum Gasteiger partial charge on any atom is -0.341 e. The van der Waals surface area contributed by atoms with E-state index in [9.17, 15) is 4.79 Å². The number of nitrogens with one attached hydrogen (secondary N) is 1. The molecule has 2 fully saturated rings. The summed E-state index contributed by atoms with van der Waals surface area (Å²) in [5, 5.41) is 13.7. The topological polar surface area (TPSA) is 78.0 Å². The van der Waals surface area contributed by atoms with Gasteiger partial charge < -0.3 is 4.90 Å². The maximum absolute atomic E-state index is 12.2. The van der Waals surface area contributed by atoms with E-state index >= 15 is 0 Å². The zero-order valence-electron chi connectivity index (χ0n) is 11.8. The van der Waals surface area contributed by atoms with Gasteiger partial charge in [0.15, 0.2) is 5.82 Å². The summed E-state index contributed by atoms with van der Waals surface area (Å²) in [6.07, 6.45) is 5.86. The Balaban J connectivity index is 1.39. The fraction of sp³-hybridized carbons (Fsp3) is 0.846. The third kappa shape index (κ3) is 3.15. The molecule has 0 aromatic carbocycles. The van der Waals surface area contributed by atoms with Gasteiger partial charge >= 0.3 is 0 Å². The summed E-state index contributed by atoms with van der Waals surface area (Å²) < 4.78 is 0. The summed E-state index contributed by atoms with van der Waals surface area (Å²) in [5.74, 6) is 0.962. The van der Waals surface area contributed by atoms with Crippen LogP contribution in [0.1, 0.15) is 37.9 Å². The first-order valence-corrected chi connectivity index (χ1v) is 7.57. The van der Waals surface area contributed by atoms with Crippen molar-refractivity contribution >= 4 is 5.91 Å². The van der Waals surface area contributed by atoms with Gasteiger partial charge in [-0.25, -0.2) is 0 Å². The zero-order valence-corrected chi connectivity index (χ0v) is 11.8. The van der Waals surface area contributed by atoms with Gasteiger partial charge in [-0.05, 0) is 38.8 Å². The lowest BCUT2D eigenvalue weighted by Gasteiger charge is -2.23. The van der Waals surface area contributed by atoms with E-state index < -0.39 is 0 Å². The first kappa shape index (κ1) is 13.5. The highest BCUT2D eigenvalue weighted by Crippen LogP contribution is 2.21.